The third kappa shape index (κ3) is 3.28. The van der Waals surface area contributed by atoms with Gasteiger partial charge in [-0.15, -0.1) is 11.8 Å². The number of carbonyl (C=O) groups is 1. The highest BCUT2D eigenvalue weighted by Crippen LogP contribution is 2.38. The van der Waals surface area contributed by atoms with Crippen molar-refractivity contribution in [3.05, 3.63) is 65.7 Å². The molecule has 0 bridgehead atoms. The van der Waals surface area contributed by atoms with Gasteiger partial charge in [-0.1, -0.05) is 42.5 Å². The molecule has 22 heavy (non-hydrogen) atoms. The van der Waals surface area contributed by atoms with Crippen LogP contribution in [0.1, 0.15) is 22.9 Å². The lowest BCUT2D eigenvalue weighted by molar-refractivity contribution is -0.132. The second-order valence-electron chi connectivity index (χ2n) is 5.25. The number of amides is 1. The topological polar surface area (TPSA) is 29.5 Å². The van der Waals surface area contributed by atoms with E-state index in [1.165, 1.54) is 0 Å². The van der Waals surface area contributed by atoms with Crippen LogP contribution in [0, 0.1) is 0 Å². The molecule has 1 heterocycles. The van der Waals surface area contributed by atoms with E-state index in [0.29, 0.717) is 13.0 Å². The van der Waals surface area contributed by atoms with Crippen LogP contribution in [-0.2, 0) is 11.3 Å². The quantitative estimate of drug-likeness (QED) is 0.858. The van der Waals surface area contributed by atoms with E-state index < -0.39 is 0 Å². The van der Waals surface area contributed by atoms with Crippen LogP contribution >= 0.6 is 11.8 Å². The van der Waals surface area contributed by atoms with Crippen molar-refractivity contribution < 1.29 is 9.53 Å². The van der Waals surface area contributed by atoms with E-state index in [4.69, 9.17) is 4.74 Å². The molecule has 1 aliphatic heterocycles. The molecule has 0 saturated carbocycles. The van der Waals surface area contributed by atoms with E-state index >= 15 is 0 Å². The molecule has 0 spiro atoms. The molecule has 3 rings (SSSR count). The molecular formula is C18H19NO2S. The first-order valence-electron chi connectivity index (χ1n) is 7.37. The SMILES string of the molecule is COc1ccc(C2SCCC(=O)N2Cc2ccccc2)cc1. The van der Waals surface area contributed by atoms with E-state index in [1.807, 2.05) is 59.1 Å². The Morgan fingerprint density at radius 2 is 1.86 bits per heavy atom. The van der Waals surface area contributed by atoms with Crippen molar-refractivity contribution in [3.63, 3.8) is 0 Å². The van der Waals surface area contributed by atoms with Gasteiger partial charge in [0.1, 0.15) is 11.1 Å². The van der Waals surface area contributed by atoms with Crippen LogP contribution in [0.3, 0.4) is 0 Å². The van der Waals surface area contributed by atoms with E-state index in [2.05, 4.69) is 12.1 Å². The first kappa shape index (κ1) is 15.0. The third-order valence-corrected chi connectivity index (χ3v) is 5.07. The summed E-state index contributed by atoms with van der Waals surface area (Å²) < 4.78 is 5.21. The molecule has 4 heteroatoms. The summed E-state index contributed by atoms with van der Waals surface area (Å²) in [5.74, 6) is 1.94. The Balaban J connectivity index is 1.84. The fourth-order valence-corrected chi connectivity index (χ4v) is 3.86. The minimum Gasteiger partial charge on any atom is -0.497 e. The van der Waals surface area contributed by atoms with Crippen molar-refractivity contribution in [2.75, 3.05) is 12.9 Å². The summed E-state index contributed by atoms with van der Waals surface area (Å²) in [5, 5.41) is 0.0763. The van der Waals surface area contributed by atoms with Crippen LogP contribution in [0.15, 0.2) is 54.6 Å². The fraction of sp³-hybridized carbons (Fsp3) is 0.278. The summed E-state index contributed by atoms with van der Waals surface area (Å²) in [7, 11) is 1.66. The van der Waals surface area contributed by atoms with Gasteiger partial charge in [0, 0.05) is 18.7 Å². The maximum atomic E-state index is 12.4. The number of methoxy groups -OCH3 is 1. The predicted molar refractivity (Wildman–Crippen MR) is 89.8 cm³/mol. The second kappa shape index (κ2) is 6.88. The molecule has 0 radical (unpaired) electrons. The smallest absolute Gasteiger partial charge is 0.224 e. The molecule has 1 atom stereocenters. The lowest BCUT2D eigenvalue weighted by Gasteiger charge is -2.35. The average molecular weight is 313 g/mol. The summed E-state index contributed by atoms with van der Waals surface area (Å²) in [6.07, 6.45) is 0.615. The molecule has 0 N–H and O–H groups in total. The molecule has 2 aromatic carbocycles. The zero-order valence-electron chi connectivity index (χ0n) is 12.6. The monoisotopic (exact) mass is 313 g/mol. The molecule has 1 amide bonds. The number of thioether (sulfide) groups is 1. The Hall–Kier alpha value is -1.94. The minimum absolute atomic E-state index is 0.0763. The number of carbonyl (C=O) groups excluding carboxylic acids is 1. The van der Waals surface area contributed by atoms with Gasteiger partial charge in [0.05, 0.1) is 7.11 Å². The molecule has 1 unspecified atom stereocenters. The Bertz CT molecular complexity index is 627. The summed E-state index contributed by atoms with van der Waals surface area (Å²) in [5.41, 5.74) is 2.31. The zero-order valence-corrected chi connectivity index (χ0v) is 13.4. The van der Waals surface area contributed by atoms with Gasteiger partial charge in [-0.2, -0.15) is 0 Å². The number of benzene rings is 2. The molecule has 1 fully saturated rings. The molecule has 0 aromatic heterocycles. The number of rotatable bonds is 4. The third-order valence-electron chi connectivity index (χ3n) is 3.79. The summed E-state index contributed by atoms with van der Waals surface area (Å²) >= 11 is 1.83. The van der Waals surface area contributed by atoms with Crippen LogP contribution < -0.4 is 4.74 Å². The lowest BCUT2D eigenvalue weighted by atomic mass is 10.1. The number of hydrogen-bond acceptors (Lipinski definition) is 3. The Morgan fingerprint density at radius 3 is 2.55 bits per heavy atom. The molecule has 3 nitrogen and oxygen atoms in total. The molecule has 1 saturated heterocycles. The Labute approximate surface area is 135 Å². The van der Waals surface area contributed by atoms with Crippen molar-refractivity contribution in [1.29, 1.82) is 0 Å². The van der Waals surface area contributed by atoms with Crippen molar-refractivity contribution in [2.45, 2.75) is 18.3 Å². The highest BCUT2D eigenvalue weighted by Gasteiger charge is 2.29. The van der Waals surface area contributed by atoms with E-state index in [9.17, 15) is 4.79 Å². The lowest BCUT2D eigenvalue weighted by Crippen LogP contribution is -2.36. The molecular weight excluding hydrogens is 294 g/mol. The van der Waals surface area contributed by atoms with Gasteiger partial charge in [-0.25, -0.2) is 0 Å². The number of nitrogens with zero attached hydrogens (tertiary/aromatic N) is 1. The van der Waals surface area contributed by atoms with Gasteiger partial charge < -0.3 is 9.64 Å². The summed E-state index contributed by atoms with van der Waals surface area (Å²) in [4.78, 5) is 14.4. The highest BCUT2D eigenvalue weighted by molar-refractivity contribution is 7.99. The summed E-state index contributed by atoms with van der Waals surface area (Å²) in [6, 6.07) is 18.2. The fourth-order valence-electron chi connectivity index (χ4n) is 2.62. The molecule has 114 valence electrons. The van der Waals surface area contributed by atoms with E-state index in [-0.39, 0.29) is 11.3 Å². The van der Waals surface area contributed by atoms with Crippen LogP contribution in [0.25, 0.3) is 0 Å². The maximum absolute atomic E-state index is 12.4. The molecule has 0 aliphatic carbocycles. The van der Waals surface area contributed by atoms with Gasteiger partial charge in [0.25, 0.3) is 0 Å². The standard InChI is InChI=1S/C18H19NO2S/c1-21-16-9-7-15(8-10-16)18-19(17(20)11-12-22-18)13-14-5-3-2-4-6-14/h2-10,18H,11-13H2,1H3. The predicted octanol–water partition coefficient (Wildman–Crippen LogP) is 3.86. The number of ether oxygens (including phenoxy) is 1. The Kier molecular flexibility index (Phi) is 4.68. The Morgan fingerprint density at radius 1 is 1.14 bits per heavy atom. The van der Waals surface area contributed by atoms with Crippen molar-refractivity contribution in [2.24, 2.45) is 0 Å². The van der Waals surface area contributed by atoms with Gasteiger partial charge in [-0.3, -0.25) is 4.79 Å². The highest BCUT2D eigenvalue weighted by atomic mass is 32.2. The largest absolute Gasteiger partial charge is 0.497 e. The van der Waals surface area contributed by atoms with Gasteiger partial charge in [-0.05, 0) is 23.3 Å². The van der Waals surface area contributed by atoms with Gasteiger partial charge in [0.2, 0.25) is 5.91 Å². The van der Waals surface area contributed by atoms with Crippen LogP contribution in [0.2, 0.25) is 0 Å². The van der Waals surface area contributed by atoms with Gasteiger partial charge in [0.15, 0.2) is 0 Å². The first-order valence-corrected chi connectivity index (χ1v) is 8.42. The van der Waals surface area contributed by atoms with Crippen molar-refractivity contribution in [3.8, 4) is 5.75 Å². The molecule has 1 aliphatic rings. The number of hydrogen-bond donors (Lipinski definition) is 0. The van der Waals surface area contributed by atoms with E-state index in [0.717, 1.165) is 22.6 Å². The average Bonchev–Trinajstić information content (AvgIpc) is 2.58. The zero-order chi connectivity index (χ0) is 15.4. The van der Waals surface area contributed by atoms with Crippen LogP contribution in [0.5, 0.6) is 5.75 Å². The van der Waals surface area contributed by atoms with E-state index in [1.54, 1.807) is 7.11 Å². The first-order chi connectivity index (χ1) is 10.8. The maximum Gasteiger partial charge on any atom is 0.224 e. The van der Waals surface area contributed by atoms with Crippen molar-refractivity contribution >= 4 is 17.7 Å². The minimum atomic E-state index is 0.0763. The van der Waals surface area contributed by atoms with Crippen LogP contribution in [-0.4, -0.2) is 23.7 Å². The summed E-state index contributed by atoms with van der Waals surface area (Å²) in [6.45, 7) is 0.656. The normalized spacial score (nSPS) is 18.3. The van der Waals surface area contributed by atoms with Crippen LogP contribution in [0.4, 0.5) is 0 Å². The molecule has 2 aromatic rings. The van der Waals surface area contributed by atoms with Crippen molar-refractivity contribution in [1.82, 2.24) is 4.90 Å². The second-order valence-corrected chi connectivity index (χ2v) is 6.44. The van der Waals surface area contributed by atoms with Gasteiger partial charge >= 0.3 is 0 Å².